The minimum atomic E-state index is -2.60. The Morgan fingerprint density at radius 3 is 2.05 bits per heavy atom. The van der Waals surface area contributed by atoms with Gasteiger partial charge in [0.1, 0.15) is 0 Å². The summed E-state index contributed by atoms with van der Waals surface area (Å²) in [5.41, 5.74) is 0. The van der Waals surface area contributed by atoms with E-state index >= 15 is 0 Å². The van der Waals surface area contributed by atoms with Gasteiger partial charge in [-0.15, -0.1) is 0 Å². The van der Waals surface area contributed by atoms with Crippen LogP contribution in [0, 0.1) is 0 Å². The van der Waals surface area contributed by atoms with Crippen LogP contribution in [-0.4, -0.2) is 46.3 Å². The first-order valence-electron chi connectivity index (χ1n) is 6.87. The highest BCUT2D eigenvalue weighted by atomic mass is 32.2. The van der Waals surface area contributed by atoms with Crippen LogP contribution in [0.5, 0.6) is 0 Å². The van der Waals surface area contributed by atoms with E-state index in [1.807, 2.05) is 13.8 Å². The van der Waals surface area contributed by atoms with Gasteiger partial charge in [0.2, 0.25) is 5.78 Å². The quantitative estimate of drug-likeness (QED) is 0.430. The number of carbonyl (C=O) groups excluding carboxylic acids is 2. The van der Waals surface area contributed by atoms with Gasteiger partial charge in [0.05, 0.1) is 0 Å². The van der Waals surface area contributed by atoms with E-state index in [1.54, 1.807) is 21.3 Å². The lowest BCUT2D eigenvalue weighted by Crippen LogP contribution is -2.43. The number of hydrogen-bond acceptors (Lipinski definition) is 6. The molecule has 0 heterocycles. The average molecular weight is 322 g/mol. The standard InChI is InChI=1S/C13H26O5SSi/c1-6-8-12(14)13(15)19-11(7-2)9-10-20(16-3,17-4)18-5/h11H,6-10H2,1-5H3. The van der Waals surface area contributed by atoms with E-state index in [2.05, 4.69) is 0 Å². The fourth-order valence-corrected chi connectivity index (χ4v) is 4.75. The van der Waals surface area contributed by atoms with Gasteiger partial charge in [-0.25, -0.2) is 0 Å². The first kappa shape index (κ1) is 19.8. The van der Waals surface area contributed by atoms with Crippen molar-refractivity contribution in [2.24, 2.45) is 0 Å². The molecule has 0 radical (unpaired) electrons. The first-order valence-corrected chi connectivity index (χ1v) is 9.68. The molecule has 0 aliphatic rings. The van der Waals surface area contributed by atoms with Gasteiger partial charge in [-0.3, -0.25) is 9.59 Å². The zero-order valence-electron chi connectivity index (χ0n) is 13.1. The smallest absolute Gasteiger partial charge is 0.377 e. The van der Waals surface area contributed by atoms with Crippen LogP contribution >= 0.6 is 11.8 Å². The fourth-order valence-electron chi connectivity index (χ4n) is 1.79. The lowest BCUT2D eigenvalue weighted by Gasteiger charge is -2.25. The Kier molecular flexibility index (Phi) is 10.4. The SMILES string of the molecule is CCCC(=O)C(=O)SC(CC)CC[Si](OC)(OC)OC. The van der Waals surface area contributed by atoms with Gasteiger partial charge in [0, 0.05) is 39.0 Å². The van der Waals surface area contributed by atoms with Crippen LogP contribution in [0.2, 0.25) is 6.04 Å². The lowest BCUT2D eigenvalue weighted by atomic mass is 10.2. The van der Waals surface area contributed by atoms with Crippen molar-refractivity contribution in [1.82, 2.24) is 0 Å². The predicted molar refractivity (Wildman–Crippen MR) is 82.8 cm³/mol. The molecule has 1 atom stereocenters. The van der Waals surface area contributed by atoms with Crippen LogP contribution in [0.4, 0.5) is 0 Å². The van der Waals surface area contributed by atoms with Crippen LogP contribution < -0.4 is 0 Å². The molecule has 5 nitrogen and oxygen atoms in total. The van der Waals surface area contributed by atoms with Crippen molar-refractivity contribution in [1.29, 1.82) is 0 Å². The molecular weight excluding hydrogens is 296 g/mol. The molecule has 0 rings (SSSR count). The highest BCUT2D eigenvalue weighted by Crippen LogP contribution is 2.26. The predicted octanol–water partition coefficient (Wildman–Crippen LogP) is 2.66. The van der Waals surface area contributed by atoms with Gasteiger partial charge in [-0.2, -0.15) is 0 Å². The van der Waals surface area contributed by atoms with Crippen molar-refractivity contribution in [2.75, 3.05) is 21.3 Å². The second kappa shape index (κ2) is 10.5. The number of Topliss-reactive ketones (excluding diaryl/α,β-unsaturated/α-hetero) is 1. The molecule has 7 heteroatoms. The van der Waals surface area contributed by atoms with Crippen LogP contribution in [-0.2, 0) is 22.9 Å². The number of hydrogen-bond donors (Lipinski definition) is 0. The Balaban J connectivity index is 4.41. The van der Waals surface area contributed by atoms with Crippen molar-refractivity contribution in [3.05, 3.63) is 0 Å². The fraction of sp³-hybridized carbons (Fsp3) is 0.846. The zero-order valence-corrected chi connectivity index (χ0v) is 14.9. The second-order valence-electron chi connectivity index (χ2n) is 4.44. The molecule has 0 N–H and O–H groups in total. The molecule has 0 aromatic rings. The topological polar surface area (TPSA) is 61.8 Å². The van der Waals surface area contributed by atoms with Crippen LogP contribution in [0.3, 0.4) is 0 Å². The highest BCUT2D eigenvalue weighted by Gasteiger charge is 2.38. The van der Waals surface area contributed by atoms with Gasteiger partial charge in [-0.1, -0.05) is 25.6 Å². The van der Waals surface area contributed by atoms with Gasteiger partial charge < -0.3 is 13.3 Å². The maximum atomic E-state index is 11.8. The summed E-state index contributed by atoms with van der Waals surface area (Å²) in [5.74, 6) is -0.287. The molecule has 118 valence electrons. The lowest BCUT2D eigenvalue weighted by molar-refractivity contribution is -0.131. The van der Waals surface area contributed by atoms with Crippen molar-refractivity contribution in [3.63, 3.8) is 0 Å². The largest absolute Gasteiger partial charge is 0.500 e. The minimum Gasteiger partial charge on any atom is -0.377 e. The highest BCUT2D eigenvalue weighted by molar-refractivity contribution is 8.15. The average Bonchev–Trinajstić information content (AvgIpc) is 2.47. The molecule has 0 saturated heterocycles. The Labute approximate surface area is 127 Å². The molecule has 0 aromatic carbocycles. The van der Waals surface area contributed by atoms with E-state index in [0.717, 1.165) is 24.6 Å². The summed E-state index contributed by atoms with van der Waals surface area (Å²) in [5, 5.41) is -0.242. The third-order valence-electron chi connectivity index (χ3n) is 3.14. The van der Waals surface area contributed by atoms with E-state index < -0.39 is 8.80 Å². The molecule has 0 aromatic heterocycles. The molecule has 0 spiro atoms. The third-order valence-corrected chi connectivity index (χ3v) is 7.25. The molecule has 0 amide bonds. The maximum Gasteiger partial charge on any atom is 0.500 e. The molecule has 0 bridgehead atoms. The van der Waals surface area contributed by atoms with E-state index in [4.69, 9.17) is 13.3 Å². The van der Waals surface area contributed by atoms with E-state index in [-0.39, 0.29) is 16.1 Å². The van der Waals surface area contributed by atoms with E-state index in [1.165, 1.54) is 0 Å². The van der Waals surface area contributed by atoms with Crippen molar-refractivity contribution < 1.29 is 22.9 Å². The molecule has 1 unspecified atom stereocenters. The Hall–Kier alpha value is -0.213. The number of carbonyl (C=O) groups is 2. The van der Waals surface area contributed by atoms with Crippen molar-refractivity contribution in [2.45, 2.75) is 50.8 Å². The molecule has 0 aliphatic heterocycles. The summed E-state index contributed by atoms with van der Waals surface area (Å²) in [6.07, 6.45) is 2.58. The molecule has 20 heavy (non-hydrogen) atoms. The van der Waals surface area contributed by atoms with Gasteiger partial charge in [-0.05, 0) is 19.3 Å². The molecule has 0 aliphatic carbocycles. The van der Waals surface area contributed by atoms with E-state index in [9.17, 15) is 9.59 Å². The van der Waals surface area contributed by atoms with Crippen molar-refractivity contribution >= 4 is 31.5 Å². The Bertz CT molecular complexity index is 299. The summed E-state index contributed by atoms with van der Waals surface area (Å²) in [6.45, 7) is 3.90. The summed E-state index contributed by atoms with van der Waals surface area (Å²) in [7, 11) is 2.12. The van der Waals surface area contributed by atoms with Crippen LogP contribution in [0.15, 0.2) is 0 Å². The van der Waals surface area contributed by atoms with Gasteiger partial charge >= 0.3 is 8.80 Å². The minimum absolute atomic E-state index is 0.0932. The van der Waals surface area contributed by atoms with Crippen LogP contribution in [0.25, 0.3) is 0 Å². The second-order valence-corrected chi connectivity index (χ2v) is 8.81. The molecular formula is C13H26O5SSi. The number of thioether (sulfide) groups is 1. The van der Waals surface area contributed by atoms with Crippen molar-refractivity contribution in [3.8, 4) is 0 Å². The summed E-state index contributed by atoms with van der Waals surface area (Å²) in [6, 6.07) is 0.636. The molecule has 0 fully saturated rings. The Morgan fingerprint density at radius 2 is 1.65 bits per heavy atom. The van der Waals surface area contributed by atoms with Gasteiger partial charge in [0.15, 0.2) is 0 Å². The third kappa shape index (κ3) is 6.49. The van der Waals surface area contributed by atoms with E-state index in [0.29, 0.717) is 18.9 Å². The first-order chi connectivity index (χ1) is 9.48. The number of ketones is 1. The number of rotatable bonds is 11. The normalized spacial score (nSPS) is 13.2. The summed E-state index contributed by atoms with van der Waals surface area (Å²) < 4.78 is 16.1. The molecule has 0 saturated carbocycles. The monoisotopic (exact) mass is 322 g/mol. The summed E-state index contributed by atoms with van der Waals surface area (Å²) >= 11 is 1.13. The maximum absolute atomic E-state index is 11.8. The Morgan fingerprint density at radius 1 is 1.10 bits per heavy atom. The summed E-state index contributed by atoms with van der Waals surface area (Å²) in [4.78, 5) is 23.3. The van der Waals surface area contributed by atoms with Crippen LogP contribution in [0.1, 0.15) is 39.5 Å². The van der Waals surface area contributed by atoms with Gasteiger partial charge in [0.25, 0.3) is 5.12 Å². The zero-order chi connectivity index (χ0) is 15.6.